The summed E-state index contributed by atoms with van der Waals surface area (Å²) in [7, 11) is 1.48. The molecule has 2 nitrogen and oxygen atoms in total. The number of rotatable bonds is 1. The lowest BCUT2D eigenvalue weighted by molar-refractivity contribution is 0.407. The average molecular weight is 244 g/mol. The van der Waals surface area contributed by atoms with Crippen LogP contribution >= 0.6 is 15.9 Å². The molecule has 0 heterocycles. The van der Waals surface area contributed by atoms with Crippen molar-refractivity contribution >= 4 is 15.9 Å². The smallest absolute Gasteiger partial charge is 0.142 e. The van der Waals surface area contributed by atoms with Crippen molar-refractivity contribution in [3.05, 3.63) is 27.5 Å². The zero-order valence-electron chi connectivity index (χ0n) is 7.19. The van der Waals surface area contributed by atoms with Crippen molar-refractivity contribution < 1.29 is 9.13 Å². The van der Waals surface area contributed by atoms with E-state index in [1.807, 2.05) is 0 Å². The minimum Gasteiger partial charge on any atom is -0.495 e. The highest BCUT2D eigenvalue weighted by Crippen LogP contribution is 2.32. The Morgan fingerprint density at radius 2 is 2.23 bits per heavy atom. The molecule has 0 bridgehead atoms. The van der Waals surface area contributed by atoms with Gasteiger partial charge in [0.1, 0.15) is 17.6 Å². The number of halogens is 2. The molecule has 0 saturated heterocycles. The molecular weight excluding hydrogens is 237 g/mol. The maximum absolute atomic E-state index is 13.1. The molecule has 0 aliphatic carbocycles. The molecule has 0 aliphatic heterocycles. The summed E-state index contributed by atoms with van der Waals surface area (Å²) in [5, 5.41) is 8.65. The van der Waals surface area contributed by atoms with Gasteiger partial charge >= 0.3 is 0 Å². The molecule has 0 N–H and O–H groups in total. The minimum atomic E-state index is -0.535. The molecule has 0 fully saturated rings. The molecular formula is C9H7BrFNO. The summed E-state index contributed by atoms with van der Waals surface area (Å²) in [6.45, 7) is 1.64. The van der Waals surface area contributed by atoms with Crippen molar-refractivity contribution in [2.45, 2.75) is 6.92 Å². The SMILES string of the molecule is COc1c(Br)cc(F)c(C#N)c1C. The van der Waals surface area contributed by atoms with E-state index in [0.29, 0.717) is 15.8 Å². The Bertz CT molecular complexity index is 384. The van der Waals surface area contributed by atoms with Crippen molar-refractivity contribution in [3.63, 3.8) is 0 Å². The third-order valence-electron chi connectivity index (χ3n) is 1.74. The van der Waals surface area contributed by atoms with Gasteiger partial charge in [0.15, 0.2) is 0 Å². The first kappa shape index (κ1) is 10.0. The van der Waals surface area contributed by atoms with Crippen LogP contribution in [0.2, 0.25) is 0 Å². The van der Waals surface area contributed by atoms with Gasteiger partial charge in [-0.3, -0.25) is 0 Å². The van der Waals surface area contributed by atoms with Gasteiger partial charge in [0, 0.05) is 5.56 Å². The number of nitrogens with zero attached hydrogens (tertiary/aromatic N) is 1. The summed E-state index contributed by atoms with van der Waals surface area (Å²) < 4.78 is 18.6. The van der Waals surface area contributed by atoms with E-state index in [9.17, 15) is 4.39 Å². The van der Waals surface area contributed by atoms with Gasteiger partial charge in [-0.05, 0) is 28.9 Å². The monoisotopic (exact) mass is 243 g/mol. The number of nitriles is 1. The van der Waals surface area contributed by atoms with Crippen molar-refractivity contribution in [1.82, 2.24) is 0 Å². The number of hydrogen-bond donors (Lipinski definition) is 0. The van der Waals surface area contributed by atoms with Gasteiger partial charge in [-0.2, -0.15) is 5.26 Å². The second-order valence-corrected chi connectivity index (χ2v) is 3.34. The second kappa shape index (κ2) is 3.75. The summed E-state index contributed by atoms with van der Waals surface area (Å²) in [5.74, 6) is -0.0365. The first-order valence-electron chi connectivity index (χ1n) is 3.54. The Balaban J connectivity index is 3.51. The Hall–Kier alpha value is -1.08. The third-order valence-corrected chi connectivity index (χ3v) is 2.33. The van der Waals surface area contributed by atoms with Crippen LogP contribution in [0.25, 0.3) is 0 Å². The third kappa shape index (κ3) is 1.65. The molecule has 13 heavy (non-hydrogen) atoms. The van der Waals surface area contributed by atoms with Crippen LogP contribution in [0, 0.1) is 24.1 Å². The van der Waals surface area contributed by atoms with Crippen LogP contribution in [0.3, 0.4) is 0 Å². The fraction of sp³-hybridized carbons (Fsp3) is 0.222. The van der Waals surface area contributed by atoms with E-state index in [-0.39, 0.29) is 5.56 Å². The Labute approximate surface area is 84.1 Å². The first-order chi connectivity index (χ1) is 6.11. The van der Waals surface area contributed by atoms with Crippen LogP contribution in [0.4, 0.5) is 4.39 Å². The number of methoxy groups -OCH3 is 1. The molecule has 0 unspecified atom stereocenters. The minimum absolute atomic E-state index is 0.0278. The van der Waals surface area contributed by atoms with Gasteiger partial charge in [-0.25, -0.2) is 4.39 Å². The lowest BCUT2D eigenvalue weighted by atomic mass is 10.1. The predicted octanol–water partition coefficient (Wildman–Crippen LogP) is 2.78. The average Bonchev–Trinajstić information content (AvgIpc) is 2.04. The fourth-order valence-corrected chi connectivity index (χ4v) is 1.77. The van der Waals surface area contributed by atoms with E-state index in [2.05, 4.69) is 15.9 Å². The molecule has 0 spiro atoms. The topological polar surface area (TPSA) is 33.0 Å². The number of ether oxygens (including phenoxy) is 1. The van der Waals surface area contributed by atoms with Gasteiger partial charge in [0.05, 0.1) is 17.1 Å². The van der Waals surface area contributed by atoms with Crippen molar-refractivity contribution in [3.8, 4) is 11.8 Å². The molecule has 68 valence electrons. The summed E-state index contributed by atoms with van der Waals surface area (Å²) in [5.41, 5.74) is 0.539. The summed E-state index contributed by atoms with van der Waals surface area (Å²) in [6, 6.07) is 3.02. The molecule has 0 atom stereocenters. The van der Waals surface area contributed by atoms with Gasteiger partial charge in [-0.1, -0.05) is 0 Å². The quantitative estimate of drug-likeness (QED) is 0.760. The van der Waals surface area contributed by atoms with Crippen LogP contribution in [0.5, 0.6) is 5.75 Å². The van der Waals surface area contributed by atoms with Gasteiger partial charge in [0.25, 0.3) is 0 Å². The summed E-state index contributed by atoms with van der Waals surface area (Å²) in [6.07, 6.45) is 0. The normalized spacial score (nSPS) is 9.46. The molecule has 0 radical (unpaired) electrons. The second-order valence-electron chi connectivity index (χ2n) is 2.49. The lowest BCUT2D eigenvalue weighted by Gasteiger charge is -2.08. The molecule has 0 aromatic heterocycles. The Morgan fingerprint density at radius 1 is 1.62 bits per heavy atom. The van der Waals surface area contributed by atoms with Crippen LogP contribution in [0.1, 0.15) is 11.1 Å². The first-order valence-corrected chi connectivity index (χ1v) is 4.33. The highest BCUT2D eigenvalue weighted by atomic mass is 79.9. The number of hydrogen-bond acceptors (Lipinski definition) is 2. The van der Waals surface area contributed by atoms with Crippen molar-refractivity contribution in [1.29, 1.82) is 5.26 Å². The van der Waals surface area contributed by atoms with Crippen LogP contribution in [0.15, 0.2) is 10.5 Å². The van der Waals surface area contributed by atoms with E-state index in [1.54, 1.807) is 13.0 Å². The molecule has 1 aromatic rings. The molecule has 4 heteroatoms. The highest BCUT2D eigenvalue weighted by Gasteiger charge is 2.13. The Morgan fingerprint density at radius 3 is 2.69 bits per heavy atom. The molecule has 1 aromatic carbocycles. The van der Waals surface area contributed by atoms with Gasteiger partial charge < -0.3 is 4.74 Å². The standard InChI is InChI=1S/C9H7BrFNO/c1-5-6(4-12)8(11)3-7(10)9(5)13-2/h3H,1-2H3. The molecule has 1 rings (SSSR count). The summed E-state index contributed by atoms with van der Waals surface area (Å²) in [4.78, 5) is 0. The highest BCUT2D eigenvalue weighted by molar-refractivity contribution is 9.10. The number of benzene rings is 1. The van der Waals surface area contributed by atoms with E-state index >= 15 is 0 Å². The molecule has 0 aliphatic rings. The maximum Gasteiger partial charge on any atom is 0.142 e. The van der Waals surface area contributed by atoms with Crippen LogP contribution < -0.4 is 4.74 Å². The van der Waals surface area contributed by atoms with E-state index < -0.39 is 5.82 Å². The van der Waals surface area contributed by atoms with Crippen molar-refractivity contribution in [2.75, 3.05) is 7.11 Å². The largest absolute Gasteiger partial charge is 0.495 e. The van der Waals surface area contributed by atoms with Gasteiger partial charge in [0.2, 0.25) is 0 Å². The van der Waals surface area contributed by atoms with Gasteiger partial charge in [-0.15, -0.1) is 0 Å². The van der Waals surface area contributed by atoms with Crippen LogP contribution in [-0.2, 0) is 0 Å². The molecule has 0 saturated carbocycles. The van der Waals surface area contributed by atoms with E-state index in [0.717, 1.165) is 0 Å². The van der Waals surface area contributed by atoms with E-state index in [4.69, 9.17) is 10.00 Å². The zero-order valence-corrected chi connectivity index (χ0v) is 8.77. The lowest BCUT2D eigenvalue weighted by Crippen LogP contribution is -1.95. The summed E-state index contributed by atoms with van der Waals surface area (Å²) >= 11 is 3.15. The molecule has 0 amide bonds. The Kier molecular flexibility index (Phi) is 2.89. The van der Waals surface area contributed by atoms with E-state index in [1.165, 1.54) is 13.2 Å². The van der Waals surface area contributed by atoms with Crippen molar-refractivity contribution in [2.24, 2.45) is 0 Å². The van der Waals surface area contributed by atoms with Crippen LogP contribution in [-0.4, -0.2) is 7.11 Å². The maximum atomic E-state index is 13.1. The fourth-order valence-electron chi connectivity index (χ4n) is 1.11. The zero-order chi connectivity index (χ0) is 10.0. The predicted molar refractivity (Wildman–Crippen MR) is 50.1 cm³/mol.